The highest BCUT2D eigenvalue weighted by Crippen LogP contribution is 2.32. The van der Waals surface area contributed by atoms with Crippen LogP contribution in [0.5, 0.6) is 0 Å². The fraction of sp³-hybridized carbons (Fsp3) is 0.200. The van der Waals surface area contributed by atoms with E-state index in [-0.39, 0.29) is 11.8 Å². The van der Waals surface area contributed by atoms with Crippen LogP contribution >= 0.6 is 11.6 Å². The number of halogens is 1. The van der Waals surface area contributed by atoms with Crippen molar-refractivity contribution < 1.29 is 9.59 Å². The first kappa shape index (κ1) is 9.98. The molecular weight excluding hydrogens is 216 g/mol. The van der Waals surface area contributed by atoms with Gasteiger partial charge in [0.1, 0.15) is 0 Å². The minimum Gasteiger partial charge on any atom is -0.325 e. The summed E-state index contributed by atoms with van der Waals surface area (Å²) in [5.41, 5.74) is 2.12. The summed E-state index contributed by atoms with van der Waals surface area (Å²) in [7, 11) is 0. The van der Waals surface area contributed by atoms with Gasteiger partial charge >= 0.3 is 0 Å². The second kappa shape index (κ2) is 3.55. The van der Waals surface area contributed by atoms with Crippen molar-refractivity contribution in [2.24, 2.45) is 0 Å². The van der Waals surface area contributed by atoms with E-state index in [0.717, 1.165) is 11.3 Å². The average Bonchev–Trinajstić information content (AvgIpc) is 2.44. The Balaban J connectivity index is 2.39. The number of hydrogen-bond donors (Lipinski definition) is 2. The number of carbonyl (C=O) groups is 2. The van der Waals surface area contributed by atoms with Crippen molar-refractivity contribution >= 4 is 34.8 Å². The van der Waals surface area contributed by atoms with E-state index in [2.05, 4.69) is 10.6 Å². The quantitative estimate of drug-likeness (QED) is 0.764. The monoisotopic (exact) mass is 224 g/mol. The molecule has 0 saturated heterocycles. The molecule has 2 N–H and O–H groups in total. The van der Waals surface area contributed by atoms with E-state index in [4.69, 9.17) is 11.6 Å². The molecule has 0 fully saturated rings. The Morgan fingerprint density at radius 2 is 2.27 bits per heavy atom. The lowest BCUT2D eigenvalue weighted by Gasteiger charge is -2.07. The van der Waals surface area contributed by atoms with Crippen molar-refractivity contribution in [1.82, 2.24) is 0 Å². The molecule has 4 nitrogen and oxygen atoms in total. The molecule has 1 aromatic carbocycles. The molecule has 0 atom stereocenters. The number of nitrogens with one attached hydrogen (secondary N) is 2. The smallest absolute Gasteiger partial charge is 0.228 e. The van der Waals surface area contributed by atoms with Gasteiger partial charge in [-0.25, -0.2) is 0 Å². The van der Waals surface area contributed by atoms with E-state index in [1.165, 1.54) is 6.92 Å². The maximum Gasteiger partial charge on any atom is 0.228 e. The molecule has 15 heavy (non-hydrogen) atoms. The van der Waals surface area contributed by atoms with Crippen LogP contribution in [0.15, 0.2) is 12.1 Å². The lowest BCUT2D eigenvalue weighted by atomic mass is 10.1. The molecule has 2 amide bonds. The summed E-state index contributed by atoms with van der Waals surface area (Å²) in [6, 6.07) is 3.37. The summed E-state index contributed by atoms with van der Waals surface area (Å²) < 4.78 is 0. The molecule has 0 aliphatic carbocycles. The van der Waals surface area contributed by atoms with E-state index in [1.54, 1.807) is 12.1 Å². The zero-order valence-corrected chi connectivity index (χ0v) is 8.81. The van der Waals surface area contributed by atoms with Crippen LogP contribution in [0.3, 0.4) is 0 Å². The Morgan fingerprint density at radius 1 is 1.53 bits per heavy atom. The third kappa shape index (κ3) is 1.94. The van der Waals surface area contributed by atoms with Gasteiger partial charge in [-0.3, -0.25) is 9.59 Å². The molecule has 0 aromatic heterocycles. The Bertz CT molecular complexity index is 457. The van der Waals surface area contributed by atoms with E-state index in [1.807, 2.05) is 0 Å². The molecule has 1 heterocycles. The predicted octanol–water partition coefficient (Wildman–Crippen LogP) is 1.79. The van der Waals surface area contributed by atoms with Gasteiger partial charge in [-0.1, -0.05) is 11.6 Å². The van der Waals surface area contributed by atoms with Crippen molar-refractivity contribution in [3.63, 3.8) is 0 Å². The number of anilines is 2. The van der Waals surface area contributed by atoms with Crippen LogP contribution in [0.4, 0.5) is 11.4 Å². The highest BCUT2D eigenvalue weighted by Gasteiger charge is 2.19. The highest BCUT2D eigenvalue weighted by atomic mass is 35.5. The first-order valence-electron chi connectivity index (χ1n) is 4.46. The molecule has 2 rings (SSSR count). The van der Waals surface area contributed by atoms with Crippen LogP contribution in [-0.4, -0.2) is 11.8 Å². The second-order valence-electron chi connectivity index (χ2n) is 3.40. The zero-order valence-electron chi connectivity index (χ0n) is 8.06. The van der Waals surface area contributed by atoms with Gasteiger partial charge in [-0.05, 0) is 17.7 Å². The average molecular weight is 225 g/mol. The Kier molecular flexibility index (Phi) is 2.36. The Morgan fingerprint density at radius 3 is 2.93 bits per heavy atom. The summed E-state index contributed by atoms with van der Waals surface area (Å²) >= 11 is 5.93. The Hall–Kier alpha value is -1.55. The number of hydrogen-bond acceptors (Lipinski definition) is 2. The lowest BCUT2D eigenvalue weighted by molar-refractivity contribution is -0.115. The van der Waals surface area contributed by atoms with Crippen LogP contribution in [0.2, 0.25) is 5.02 Å². The molecule has 0 unspecified atom stereocenters. The first-order chi connectivity index (χ1) is 7.06. The SMILES string of the molecule is CC(=O)Nc1cc2c(cc1Cl)NC(=O)C2. The number of fused-ring (bicyclic) bond motifs is 1. The third-order valence-electron chi connectivity index (χ3n) is 2.13. The van der Waals surface area contributed by atoms with Gasteiger partial charge in [-0.15, -0.1) is 0 Å². The number of carbonyl (C=O) groups excluding carboxylic acids is 2. The van der Waals surface area contributed by atoms with Gasteiger partial charge in [0.2, 0.25) is 11.8 Å². The van der Waals surface area contributed by atoms with E-state index in [0.29, 0.717) is 17.1 Å². The predicted molar refractivity (Wildman–Crippen MR) is 58.1 cm³/mol. The molecule has 1 aromatic rings. The van der Waals surface area contributed by atoms with Crippen molar-refractivity contribution in [1.29, 1.82) is 0 Å². The van der Waals surface area contributed by atoms with Gasteiger partial charge in [0, 0.05) is 12.6 Å². The molecular formula is C10H9ClN2O2. The first-order valence-corrected chi connectivity index (χ1v) is 4.84. The maximum absolute atomic E-state index is 11.1. The summed E-state index contributed by atoms with van der Waals surface area (Å²) in [6.45, 7) is 1.41. The van der Waals surface area contributed by atoms with Crippen LogP contribution in [0, 0.1) is 0 Å². The van der Waals surface area contributed by atoms with Crippen LogP contribution < -0.4 is 10.6 Å². The maximum atomic E-state index is 11.1. The lowest BCUT2D eigenvalue weighted by Crippen LogP contribution is -2.06. The van der Waals surface area contributed by atoms with Gasteiger partial charge < -0.3 is 10.6 Å². The van der Waals surface area contributed by atoms with Crippen LogP contribution in [0.1, 0.15) is 12.5 Å². The van der Waals surface area contributed by atoms with Crippen LogP contribution in [0.25, 0.3) is 0 Å². The van der Waals surface area contributed by atoms with E-state index >= 15 is 0 Å². The fourth-order valence-electron chi connectivity index (χ4n) is 1.53. The van der Waals surface area contributed by atoms with Crippen LogP contribution in [-0.2, 0) is 16.0 Å². The molecule has 1 aliphatic rings. The largest absolute Gasteiger partial charge is 0.325 e. The summed E-state index contributed by atoms with van der Waals surface area (Å²) in [5, 5.41) is 5.71. The van der Waals surface area contributed by atoms with E-state index < -0.39 is 0 Å². The zero-order chi connectivity index (χ0) is 11.0. The highest BCUT2D eigenvalue weighted by molar-refractivity contribution is 6.34. The van der Waals surface area contributed by atoms with Crippen molar-refractivity contribution in [3.8, 4) is 0 Å². The van der Waals surface area contributed by atoms with Gasteiger partial charge in [0.05, 0.1) is 17.1 Å². The number of rotatable bonds is 1. The molecule has 0 radical (unpaired) electrons. The normalized spacial score (nSPS) is 13.3. The van der Waals surface area contributed by atoms with Gasteiger partial charge in [0.25, 0.3) is 0 Å². The molecule has 0 bridgehead atoms. The number of benzene rings is 1. The summed E-state index contributed by atoms with van der Waals surface area (Å²) in [4.78, 5) is 22.0. The minimum atomic E-state index is -0.186. The molecule has 0 saturated carbocycles. The topological polar surface area (TPSA) is 58.2 Å². The van der Waals surface area contributed by atoms with Gasteiger partial charge in [-0.2, -0.15) is 0 Å². The Labute approximate surface area is 91.6 Å². The fourth-order valence-corrected chi connectivity index (χ4v) is 1.74. The standard InChI is InChI=1S/C10H9ClN2O2/c1-5(14)12-9-2-6-3-10(15)13-8(6)4-7(9)11/h2,4H,3H2,1H3,(H,12,14)(H,13,15). The number of amides is 2. The minimum absolute atomic E-state index is 0.0546. The van der Waals surface area contributed by atoms with Crippen molar-refractivity contribution in [2.75, 3.05) is 10.6 Å². The van der Waals surface area contributed by atoms with Gasteiger partial charge in [0.15, 0.2) is 0 Å². The van der Waals surface area contributed by atoms with E-state index in [9.17, 15) is 9.59 Å². The van der Waals surface area contributed by atoms with Crippen molar-refractivity contribution in [3.05, 3.63) is 22.7 Å². The summed E-state index contributed by atoms with van der Waals surface area (Å²) in [5.74, 6) is -0.241. The molecule has 0 spiro atoms. The molecule has 78 valence electrons. The molecule has 5 heteroatoms. The van der Waals surface area contributed by atoms with Crippen molar-refractivity contribution in [2.45, 2.75) is 13.3 Å². The second-order valence-corrected chi connectivity index (χ2v) is 3.80. The third-order valence-corrected chi connectivity index (χ3v) is 2.44. The summed E-state index contributed by atoms with van der Waals surface area (Å²) in [6.07, 6.45) is 0.332. The molecule has 1 aliphatic heterocycles.